The number of carbonyl (C=O) groups excluding carboxylic acids is 1. The minimum Gasteiger partial charge on any atom is -0.492 e. The highest BCUT2D eigenvalue weighted by Gasteiger charge is 2.15. The Bertz CT molecular complexity index is 974. The van der Waals surface area contributed by atoms with Crippen LogP contribution in [0.4, 0.5) is 0 Å². The number of nitrogens with zero attached hydrogens (tertiary/aromatic N) is 1. The third-order valence-corrected chi connectivity index (χ3v) is 3.60. The standard InChI is InChI=1S/C18H17N3O5/c22-16(19-8-10-26-13-5-2-1-3-6-13)15-11-20-18(24)21(17(15)23)12-14-7-4-9-25-14/h1-7,9,11H,8,10,12H2,(H,19,22)(H,20,24). The molecule has 0 saturated carbocycles. The summed E-state index contributed by atoms with van der Waals surface area (Å²) in [6, 6.07) is 12.5. The van der Waals surface area contributed by atoms with Crippen molar-refractivity contribution < 1.29 is 13.9 Å². The lowest BCUT2D eigenvalue weighted by Crippen LogP contribution is -2.41. The third-order valence-electron chi connectivity index (χ3n) is 3.60. The Kier molecular flexibility index (Phi) is 5.33. The van der Waals surface area contributed by atoms with E-state index in [-0.39, 0.29) is 25.3 Å². The molecule has 0 unspecified atom stereocenters. The van der Waals surface area contributed by atoms with E-state index in [4.69, 9.17) is 9.15 Å². The van der Waals surface area contributed by atoms with E-state index in [9.17, 15) is 14.4 Å². The maximum atomic E-state index is 12.4. The molecule has 0 aliphatic carbocycles. The minimum atomic E-state index is -0.688. The summed E-state index contributed by atoms with van der Waals surface area (Å²) in [5.41, 5.74) is -1.46. The summed E-state index contributed by atoms with van der Waals surface area (Å²) in [6.45, 7) is 0.406. The highest BCUT2D eigenvalue weighted by Crippen LogP contribution is 2.07. The number of amides is 1. The number of hydrogen-bond donors (Lipinski definition) is 2. The zero-order valence-corrected chi connectivity index (χ0v) is 13.8. The van der Waals surface area contributed by atoms with Gasteiger partial charge in [-0.2, -0.15) is 0 Å². The van der Waals surface area contributed by atoms with Crippen LogP contribution in [0.15, 0.2) is 68.9 Å². The summed E-state index contributed by atoms with van der Waals surface area (Å²) < 4.78 is 11.5. The van der Waals surface area contributed by atoms with E-state index < -0.39 is 17.2 Å². The first-order valence-corrected chi connectivity index (χ1v) is 7.96. The fraction of sp³-hybridized carbons (Fsp3) is 0.167. The van der Waals surface area contributed by atoms with Gasteiger partial charge in [0.1, 0.15) is 23.7 Å². The smallest absolute Gasteiger partial charge is 0.328 e. The second-order valence-electron chi connectivity index (χ2n) is 5.40. The fourth-order valence-corrected chi connectivity index (χ4v) is 2.32. The van der Waals surface area contributed by atoms with Crippen LogP contribution in [0.2, 0.25) is 0 Å². The Labute approximate surface area is 148 Å². The molecule has 1 amide bonds. The molecule has 3 rings (SSSR count). The summed E-state index contributed by atoms with van der Waals surface area (Å²) >= 11 is 0. The van der Waals surface area contributed by atoms with Crippen molar-refractivity contribution in [2.75, 3.05) is 13.2 Å². The van der Waals surface area contributed by atoms with Gasteiger partial charge in [-0.15, -0.1) is 0 Å². The lowest BCUT2D eigenvalue weighted by Gasteiger charge is -2.08. The molecule has 2 heterocycles. The van der Waals surface area contributed by atoms with Crippen molar-refractivity contribution in [3.05, 3.63) is 87.1 Å². The highest BCUT2D eigenvalue weighted by atomic mass is 16.5. The molecule has 2 aromatic heterocycles. The van der Waals surface area contributed by atoms with Crippen molar-refractivity contribution in [1.82, 2.24) is 14.9 Å². The van der Waals surface area contributed by atoms with Crippen molar-refractivity contribution in [2.45, 2.75) is 6.54 Å². The number of furan rings is 1. The molecule has 0 fully saturated rings. The first-order chi connectivity index (χ1) is 12.6. The molecule has 0 aliphatic heterocycles. The molecule has 134 valence electrons. The molecule has 2 N–H and O–H groups in total. The Morgan fingerprint density at radius 2 is 1.96 bits per heavy atom. The minimum absolute atomic E-state index is 0.0561. The number of H-pyrrole nitrogens is 1. The Morgan fingerprint density at radius 3 is 2.69 bits per heavy atom. The SMILES string of the molecule is O=C(NCCOc1ccccc1)c1c[nH]c(=O)n(Cc2ccco2)c1=O. The molecule has 8 nitrogen and oxygen atoms in total. The largest absolute Gasteiger partial charge is 0.492 e. The average molecular weight is 355 g/mol. The number of nitrogens with one attached hydrogen (secondary N) is 2. The molecule has 26 heavy (non-hydrogen) atoms. The van der Waals surface area contributed by atoms with E-state index in [0.717, 1.165) is 10.8 Å². The zero-order chi connectivity index (χ0) is 18.4. The van der Waals surface area contributed by atoms with E-state index in [2.05, 4.69) is 10.3 Å². The Hall–Kier alpha value is -3.55. The van der Waals surface area contributed by atoms with Crippen LogP contribution in [0.5, 0.6) is 5.75 Å². The van der Waals surface area contributed by atoms with E-state index >= 15 is 0 Å². The van der Waals surface area contributed by atoms with Gasteiger partial charge in [-0.3, -0.25) is 14.2 Å². The van der Waals surface area contributed by atoms with Crippen molar-refractivity contribution in [3.63, 3.8) is 0 Å². The highest BCUT2D eigenvalue weighted by molar-refractivity contribution is 5.93. The van der Waals surface area contributed by atoms with Gasteiger partial charge in [0.15, 0.2) is 0 Å². The van der Waals surface area contributed by atoms with Crippen LogP contribution in [0.3, 0.4) is 0 Å². The molecule has 0 radical (unpaired) electrons. The van der Waals surface area contributed by atoms with Crippen LogP contribution < -0.4 is 21.3 Å². The van der Waals surface area contributed by atoms with Crippen LogP contribution in [0.25, 0.3) is 0 Å². The monoisotopic (exact) mass is 355 g/mol. The first-order valence-electron chi connectivity index (χ1n) is 7.96. The average Bonchev–Trinajstić information content (AvgIpc) is 3.16. The molecule has 0 bridgehead atoms. The maximum absolute atomic E-state index is 12.4. The molecule has 0 atom stereocenters. The number of rotatable bonds is 7. The van der Waals surface area contributed by atoms with Gasteiger partial charge < -0.3 is 19.5 Å². The second kappa shape index (κ2) is 8.02. The summed E-state index contributed by atoms with van der Waals surface area (Å²) in [6.07, 6.45) is 2.55. The maximum Gasteiger partial charge on any atom is 0.328 e. The summed E-state index contributed by atoms with van der Waals surface area (Å²) in [5, 5.41) is 2.59. The number of benzene rings is 1. The van der Waals surface area contributed by atoms with Gasteiger partial charge in [0.2, 0.25) is 0 Å². The van der Waals surface area contributed by atoms with Gasteiger partial charge in [0.25, 0.3) is 11.5 Å². The van der Waals surface area contributed by atoms with Crippen molar-refractivity contribution >= 4 is 5.91 Å². The zero-order valence-electron chi connectivity index (χ0n) is 13.8. The number of carbonyl (C=O) groups is 1. The third kappa shape index (κ3) is 4.10. The molecule has 1 aromatic carbocycles. The van der Waals surface area contributed by atoms with Gasteiger partial charge >= 0.3 is 5.69 Å². The van der Waals surface area contributed by atoms with Crippen LogP contribution in [-0.2, 0) is 6.54 Å². The first kappa shape index (κ1) is 17.3. The van der Waals surface area contributed by atoms with E-state index in [0.29, 0.717) is 11.5 Å². The summed E-state index contributed by atoms with van der Waals surface area (Å²) in [4.78, 5) is 38.9. The molecule has 0 aliphatic rings. The predicted octanol–water partition coefficient (Wildman–Crippen LogP) is 0.987. The quantitative estimate of drug-likeness (QED) is 0.615. The lowest BCUT2D eigenvalue weighted by atomic mass is 10.3. The van der Waals surface area contributed by atoms with Crippen LogP contribution in [0.1, 0.15) is 16.1 Å². The van der Waals surface area contributed by atoms with Crippen LogP contribution >= 0.6 is 0 Å². The fourth-order valence-electron chi connectivity index (χ4n) is 2.32. The number of para-hydroxylation sites is 1. The number of hydrogen-bond acceptors (Lipinski definition) is 5. The van der Waals surface area contributed by atoms with Gasteiger partial charge in [0, 0.05) is 6.20 Å². The Balaban J connectivity index is 1.64. The Morgan fingerprint density at radius 1 is 1.15 bits per heavy atom. The number of ether oxygens (including phenoxy) is 1. The van der Waals surface area contributed by atoms with Crippen LogP contribution in [0, 0.1) is 0 Å². The summed E-state index contributed by atoms with van der Waals surface area (Å²) in [5.74, 6) is 0.536. The van der Waals surface area contributed by atoms with E-state index in [1.807, 2.05) is 18.2 Å². The normalized spacial score (nSPS) is 10.5. The predicted molar refractivity (Wildman–Crippen MR) is 93.4 cm³/mol. The van der Waals surface area contributed by atoms with E-state index in [1.165, 1.54) is 6.26 Å². The molecule has 0 saturated heterocycles. The van der Waals surface area contributed by atoms with Crippen molar-refractivity contribution in [2.24, 2.45) is 0 Å². The molecule has 3 aromatic rings. The lowest BCUT2D eigenvalue weighted by molar-refractivity contribution is 0.0944. The van der Waals surface area contributed by atoms with Crippen molar-refractivity contribution in [3.8, 4) is 5.75 Å². The second-order valence-corrected chi connectivity index (χ2v) is 5.40. The van der Waals surface area contributed by atoms with E-state index in [1.54, 1.807) is 24.3 Å². The molecule has 0 spiro atoms. The van der Waals surface area contributed by atoms with Gasteiger partial charge in [-0.25, -0.2) is 4.79 Å². The molecular formula is C18H17N3O5. The van der Waals surface area contributed by atoms with Crippen molar-refractivity contribution in [1.29, 1.82) is 0 Å². The number of aromatic nitrogens is 2. The van der Waals surface area contributed by atoms with Gasteiger partial charge in [0.05, 0.1) is 19.4 Å². The summed E-state index contributed by atoms with van der Waals surface area (Å²) in [7, 11) is 0. The topological polar surface area (TPSA) is 106 Å². The molecular weight excluding hydrogens is 338 g/mol. The van der Waals surface area contributed by atoms with Crippen LogP contribution in [-0.4, -0.2) is 28.6 Å². The number of aromatic amines is 1. The molecule has 8 heteroatoms. The van der Waals surface area contributed by atoms with Gasteiger partial charge in [-0.05, 0) is 24.3 Å². The van der Waals surface area contributed by atoms with Gasteiger partial charge in [-0.1, -0.05) is 18.2 Å².